The van der Waals surface area contributed by atoms with Crippen LogP contribution >= 0.6 is 34.8 Å². The number of nitrogens with one attached hydrogen (secondary N) is 1. The van der Waals surface area contributed by atoms with Crippen LogP contribution in [-0.2, 0) is 21.4 Å². The Morgan fingerprint density at radius 3 is 2.26 bits per heavy atom. The largest absolute Gasteiger partial charge is 0.324 e. The Labute approximate surface area is 211 Å². The molecule has 0 heterocycles. The van der Waals surface area contributed by atoms with Gasteiger partial charge in [-0.05, 0) is 54.4 Å². The van der Waals surface area contributed by atoms with Gasteiger partial charge < -0.3 is 5.32 Å². The minimum Gasteiger partial charge on any atom is -0.324 e. The third-order valence-electron chi connectivity index (χ3n) is 4.84. The van der Waals surface area contributed by atoms with Gasteiger partial charge in [0.1, 0.15) is 0 Å². The van der Waals surface area contributed by atoms with E-state index in [1.165, 1.54) is 48.5 Å². The van der Waals surface area contributed by atoms with Crippen molar-refractivity contribution in [1.29, 1.82) is 0 Å². The van der Waals surface area contributed by atoms with Gasteiger partial charge in [-0.15, -0.1) is 0 Å². The summed E-state index contributed by atoms with van der Waals surface area (Å²) in [6, 6.07) is 14.1. The van der Waals surface area contributed by atoms with Crippen LogP contribution in [0, 0.1) is 17.0 Å². The summed E-state index contributed by atoms with van der Waals surface area (Å²) in [5, 5.41) is 14.6. The Bertz CT molecular complexity index is 1350. The number of nitrogens with zero attached hydrogens (tertiary/aromatic N) is 2. The summed E-state index contributed by atoms with van der Waals surface area (Å²) in [5.41, 5.74) is 1.00. The highest BCUT2D eigenvalue weighted by atomic mass is 35.5. The molecule has 0 atom stereocenters. The van der Waals surface area contributed by atoms with E-state index < -0.39 is 27.4 Å². The fourth-order valence-electron chi connectivity index (χ4n) is 3.03. The summed E-state index contributed by atoms with van der Waals surface area (Å²) >= 11 is 18.1. The fraction of sp³-hybridized carbons (Fsp3) is 0.136. The second-order valence-corrected chi connectivity index (χ2v) is 10.5. The molecule has 0 fully saturated rings. The number of hydrogen-bond acceptors (Lipinski definition) is 5. The summed E-state index contributed by atoms with van der Waals surface area (Å²) in [4.78, 5) is 23.3. The molecular weight excluding hydrogens is 525 g/mol. The van der Waals surface area contributed by atoms with Crippen LogP contribution in [0.15, 0.2) is 65.6 Å². The van der Waals surface area contributed by atoms with Crippen LogP contribution < -0.4 is 5.32 Å². The molecule has 1 amide bonds. The van der Waals surface area contributed by atoms with Gasteiger partial charge in [0.2, 0.25) is 15.9 Å². The molecule has 0 saturated carbocycles. The SMILES string of the molecule is Cc1ccc([N+](=O)[O-])cc1NC(=O)CN(Cc1ccc(Cl)cc1Cl)S(=O)(=O)c1ccc(Cl)cc1. The van der Waals surface area contributed by atoms with Crippen molar-refractivity contribution in [3.05, 3.63) is 97.0 Å². The van der Waals surface area contributed by atoms with Crippen LogP contribution in [0.2, 0.25) is 15.1 Å². The topological polar surface area (TPSA) is 110 Å². The molecule has 0 aromatic heterocycles. The van der Waals surface area contributed by atoms with E-state index >= 15 is 0 Å². The minimum atomic E-state index is -4.15. The van der Waals surface area contributed by atoms with E-state index in [0.717, 1.165) is 4.31 Å². The Kier molecular flexibility index (Phi) is 8.17. The zero-order valence-corrected chi connectivity index (χ0v) is 20.7. The van der Waals surface area contributed by atoms with Gasteiger partial charge in [-0.3, -0.25) is 14.9 Å². The molecule has 3 aromatic carbocycles. The fourth-order valence-corrected chi connectivity index (χ4v) is 5.00. The highest BCUT2D eigenvalue weighted by molar-refractivity contribution is 7.89. The monoisotopic (exact) mass is 541 g/mol. The van der Waals surface area contributed by atoms with Crippen LogP contribution in [0.3, 0.4) is 0 Å². The van der Waals surface area contributed by atoms with Crippen molar-refractivity contribution < 1.29 is 18.1 Å². The number of carbonyl (C=O) groups excluding carboxylic acids is 1. The van der Waals surface area contributed by atoms with Gasteiger partial charge in [-0.25, -0.2) is 8.42 Å². The predicted molar refractivity (Wildman–Crippen MR) is 132 cm³/mol. The maximum absolute atomic E-state index is 13.4. The molecule has 0 bridgehead atoms. The summed E-state index contributed by atoms with van der Waals surface area (Å²) in [7, 11) is -4.15. The van der Waals surface area contributed by atoms with Crippen LogP contribution in [0.25, 0.3) is 0 Å². The van der Waals surface area contributed by atoms with E-state index in [9.17, 15) is 23.3 Å². The first-order valence-corrected chi connectivity index (χ1v) is 12.3. The number of benzene rings is 3. The number of hydrogen-bond donors (Lipinski definition) is 1. The van der Waals surface area contributed by atoms with Crippen molar-refractivity contribution >= 4 is 62.1 Å². The van der Waals surface area contributed by atoms with E-state index in [1.54, 1.807) is 19.1 Å². The van der Waals surface area contributed by atoms with Crippen molar-refractivity contribution in [1.82, 2.24) is 4.31 Å². The van der Waals surface area contributed by atoms with Gasteiger partial charge >= 0.3 is 0 Å². The molecule has 8 nitrogen and oxygen atoms in total. The Morgan fingerprint density at radius 2 is 1.65 bits per heavy atom. The minimum absolute atomic E-state index is 0.0682. The number of halogens is 3. The molecule has 34 heavy (non-hydrogen) atoms. The number of nitro benzene ring substituents is 1. The van der Waals surface area contributed by atoms with Crippen molar-refractivity contribution in [2.75, 3.05) is 11.9 Å². The maximum Gasteiger partial charge on any atom is 0.271 e. The Hall–Kier alpha value is -2.69. The van der Waals surface area contributed by atoms with Gasteiger partial charge in [0.05, 0.1) is 22.1 Å². The third-order valence-corrected chi connectivity index (χ3v) is 7.48. The van der Waals surface area contributed by atoms with Gasteiger partial charge in [0, 0.05) is 33.7 Å². The number of aryl methyl sites for hydroxylation is 1. The molecule has 0 radical (unpaired) electrons. The number of rotatable bonds is 8. The van der Waals surface area contributed by atoms with Crippen molar-refractivity contribution in [3.63, 3.8) is 0 Å². The lowest BCUT2D eigenvalue weighted by atomic mass is 10.2. The average molecular weight is 543 g/mol. The number of carbonyl (C=O) groups is 1. The molecular formula is C22H18Cl3N3O5S. The van der Waals surface area contributed by atoms with Crippen molar-refractivity contribution in [3.8, 4) is 0 Å². The lowest BCUT2D eigenvalue weighted by Gasteiger charge is -2.23. The summed E-state index contributed by atoms with van der Waals surface area (Å²) in [5.74, 6) is -0.689. The number of nitro groups is 1. The Balaban J connectivity index is 1.93. The zero-order chi connectivity index (χ0) is 25.0. The van der Waals surface area contributed by atoms with E-state index in [0.29, 0.717) is 21.2 Å². The molecule has 0 aliphatic heterocycles. The number of non-ortho nitro benzene ring substituents is 1. The predicted octanol–water partition coefficient (Wildman–Crippen LogP) is 5.69. The first-order chi connectivity index (χ1) is 16.0. The van der Waals surface area contributed by atoms with Gasteiger partial charge in [-0.2, -0.15) is 4.31 Å². The Morgan fingerprint density at radius 1 is 1.00 bits per heavy atom. The lowest BCUT2D eigenvalue weighted by molar-refractivity contribution is -0.384. The maximum atomic E-state index is 13.4. The summed E-state index contributed by atoms with van der Waals surface area (Å²) < 4.78 is 27.7. The number of anilines is 1. The van der Waals surface area contributed by atoms with E-state index in [2.05, 4.69) is 5.32 Å². The molecule has 3 rings (SSSR count). The zero-order valence-electron chi connectivity index (χ0n) is 17.7. The molecule has 1 N–H and O–H groups in total. The van der Waals surface area contributed by atoms with E-state index in [1.807, 2.05) is 0 Å². The van der Waals surface area contributed by atoms with Crippen molar-refractivity contribution in [2.45, 2.75) is 18.4 Å². The molecule has 0 saturated heterocycles. The van der Waals surface area contributed by atoms with Gasteiger partial charge in [-0.1, -0.05) is 46.9 Å². The standard InChI is InChI=1S/C22H18Cl3N3O5S/c1-14-2-7-18(28(30)31)11-21(14)26-22(29)13-27(12-15-3-4-17(24)10-20(15)25)34(32,33)19-8-5-16(23)6-9-19/h2-11H,12-13H2,1H3,(H,26,29). The molecule has 0 spiro atoms. The van der Waals surface area contributed by atoms with Crippen LogP contribution in [0.5, 0.6) is 0 Å². The summed E-state index contributed by atoms with van der Waals surface area (Å²) in [6.07, 6.45) is 0. The van der Waals surface area contributed by atoms with E-state index in [4.69, 9.17) is 34.8 Å². The average Bonchev–Trinajstić information content (AvgIpc) is 2.76. The first-order valence-electron chi connectivity index (χ1n) is 9.72. The first kappa shape index (κ1) is 25.9. The summed E-state index contributed by atoms with van der Waals surface area (Å²) in [6.45, 7) is 0.864. The molecule has 12 heteroatoms. The van der Waals surface area contributed by atoms with Crippen LogP contribution in [0.4, 0.5) is 11.4 Å². The van der Waals surface area contributed by atoms with Gasteiger partial charge in [0.25, 0.3) is 5.69 Å². The second-order valence-electron chi connectivity index (χ2n) is 7.27. The molecule has 3 aromatic rings. The lowest BCUT2D eigenvalue weighted by Crippen LogP contribution is -2.37. The van der Waals surface area contributed by atoms with Gasteiger partial charge in [0.15, 0.2) is 0 Å². The number of amides is 1. The quantitative estimate of drug-likeness (QED) is 0.290. The molecule has 0 aliphatic carbocycles. The van der Waals surface area contributed by atoms with Crippen LogP contribution in [0.1, 0.15) is 11.1 Å². The van der Waals surface area contributed by atoms with Crippen molar-refractivity contribution in [2.24, 2.45) is 0 Å². The van der Waals surface area contributed by atoms with E-state index in [-0.39, 0.29) is 27.8 Å². The highest BCUT2D eigenvalue weighted by Crippen LogP contribution is 2.26. The van der Waals surface area contributed by atoms with Crippen LogP contribution in [-0.4, -0.2) is 30.1 Å². The smallest absolute Gasteiger partial charge is 0.271 e. The normalized spacial score (nSPS) is 11.4. The molecule has 0 unspecified atom stereocenters. The molecule has 178 valence electrons. The third kappa shape index (κ3) is 6.25. The second kappa shape index (κ2) is 10.7. The molecule has 0 aliphatic rings. The number of sulfonamides is 1. The highest BCUT2D eigenvalue weighted by Gasteiger charge is 2.28.